The SMILES string of the molecule is CN=C(NCCCOC1CCOC1)NCc1ccc(Br)c(F)c1. The second-order valence-corrected chi connectivity index (χ2v) is 6.17. The van der Waals surface area contributed by atoms with E-state index < -0.39 is 0 Å². The Morgan fingerprint density at radius 3 is 3.04 bits per heavy atom. The fourth-order valence-corrected chi connectivity index (χ4v) is 2.48. The minimum Gasteiger partial charge on any atom is -0.379 e. The van der Waals surface area contributed by atoms with Gasteiger partial charge >= 0.3 is 0 Å². The van der Waals surface area contributed by atoms with Gasteiger partial charge in [-0.15, -0.1) is 0 Å². The first-order valence-electron chi connectivity index (χ1n) is 7.77. The summed E-state index contributed by atoms with van der Waals surface area (Å²) >= 11 is 3.15. The van der Waals surface area contributed by atoms with Gasteiger partial charge in [-0.2, -0.15) is 0 Å². The summed E-state index contributed by atoms with van der Waals surface area (Å²) < 4.78 is 24.9. The van der Waals surface area contributed by atoms with Gasteiger partial charge in [0.05, 0.1) is 17.2 Å². The van der Waals surface area contributed by atoms with Crippen molar-refractivity contribution >= 4 is 21.9 Å². The van der Waals surface area contributed by atoms with Gasteiger partial charge in [0.1, 0.15) is 5.82 Å². The van der Waals surface area contributed by atoms with Crippen LogP contribution in [0.2, 0.25) is 0 Å². The first-order chi connectivity index (χ1) is 11.2. The van der Waals surface area contributed by atoms with Crippen LogP contribution < -0.4 is 10.6 Å². The maximum absolute atomic E-state index is 13.5. The first kappa shape index (κ1) is 18.2. The summed E-state index contributed by atoms with van der Waals surface area (Å²) in [6.45, 7) is 3.49. The van der Waals surface area contributed by atoms with E-state index in [2.05, 4.69) is 31.6 Å². The number of ether oxygens (including phenoxy) is 2. The standard InChI is InChI=1S/C16H23BrFN3O2/c1-19-16(20-6-2-7-23-13-5-8-22-11-13)21-10-12-3-4-14(17)15(18)9-12/h3-4,9,13H,2,5-8,10-11H2,1H3,(H2,19,20,21). The third-order valence-electron chi connectivity index (χ3n) is 3.52. The van der Waals surface area contributed by atoms with Crippen molar-refractivity contribution in [3.63, 3.8) is 0 Å². The Labute approximate surface area is 144 Å². The van der Waals surface area contributed by atoms with Gasteiger partial charge in [0.15, 0.2) is 5.96 Å². The predicted octanol–water partition coefficient (Wildman–Crippen LogP) is 2.45. The summed E-state index contributed by atoms with van der Waals surface area (Å²) in [4.78, 5) is 4.15. The summed E-state index contributed by atoms with van der Waals surface area (Å²) in [5, 5.41) is 6.38. The Kier molecular flexibility index (Phi) is 7.78. The lowest BCUT2D eigenvalue weighted by atomic mass is 10.2. The molecule has 1 aliphatic rings. The lowest BCUT2D eigenvalue weighted by Crippen LogP contribution is -2.37. The molecule has 1 unspecified atom stereocenters. The number of hydrogen-bond acceptors (Lipinski definition) is 3. The summed E-state index contributed by atoms with van der Waals surface area (Å²) in [6, 6.07) is 5.07. The molecule has 128 valence electrons. The number of guanidine groups is 1. The van der Waals surface area contributed by atoms with Crippen LogP contribution in [0.15, 0.2) is 27.7 Å². The van der Waals surface area contributed by atoms with Crippen LogP contribution in [0.4, 0.5) is 4.39 Å². The lowest BCUT2D eigenvalue weighted by molar-refractivity contribution is 0.0420. The van der Waals surface area contributed by atoms with E-state index in [-0.39, 0.29) is 11.9 Å². The topological polar surface area (TPSA) is 54.9 Å². The normalized spacial score (nSPS) is 18.2. The van der Waals surface area contributed by atoms with Crippen LogP contribution in [0.1, 0.15) is 18.4 Å². The van der Waals surface area contributed by atoms with E-state index >= 15 is 0 Å². The van der Waals surface area contributed by atoms with E-state index in [1.54, 1.807) is 13.1 Å². The van der Waals surface area contributed by atoms with Crippen LogP contribution in [-0.2, 0) is 16.0 Å². The molecule has 0 spiro atoms. The smallest absolute Gasteiger partial charge is 0.191 e. The summed E-state index contributed by atoms with van der Waals surface area (Å²) in [6.07, 6.45) is 2.13. The van der Waals surface area contributed by atoms with Gasteiger partial charge in [-0.25, -0.2) is 4.39 Å². The van der Waals surface area contributed by atoms with Crippen LogP contribution in [-0.4, -0.2) is 45.5 Å². The van der Waals surface area contributed by atoms with Crippen LogP contribution in [0.3, 0.4) is 0 Å². The predicted molar refractivity (Wildman–Crippen MR) is 92.1 cm³/mol. The highest BCUT2D eigenvalue weighted by Gasteiger charge is 2.15. The molecule has 7 heteroatoms. The van der Waals surface area contributed by atoms with Crippen LogP contribution >= 0.6 is 15.9 Å². The van der Waals surface area contributed by atoms with Crippen molar-refractivity contribution in [1.29, 1.82) is 0 Å². The minimum atomic E-state index is -0.264. The van der Waals surface area contributed by atoms with Crippen LogP contribution in [0, 0.1) is 5.82 Å². The highest BCUT2D eigenvalue weighted by atomic mass is 79.9. The Bertz CT molecular complexity index is 522. The molecule has 0 aliphatic carbocycles. The van der Waals surface area contributed by atoms with Gasteiger partial charge < -0.3 is 20.1 Å². The molecule has 1 saturated heterocycles. The zero-order chi connectivity index (χ0) is 16.5. The molecule has 0 saturated carbocycles. The van der Waals surface area contributed by atoms with Gasteiger partial charge in [0, 0.05) is 33.4 Å². The fraction of sp³-hybridized carbons (Fsp3) is 0.562. The first-order valence-corrected chi connectivity index (χ1v) is 8.56. The Hall–Kier alpha value is -1.18. The number of rotatable bonds is 7. The van der Waals surface area contributed by atoms with Crippen molar-refractivity contribution in [2.45, 2.75) is 25.5 Å². The van der Waals surface area contributed by atoms with Gasteiger partial charge in [0.2, 0.25) is 0 Å². The molecule has 1 fully saturated rings. The molecule has 0 amide bonds. The Balaban J connectivity index is 1.61. The van der Waals surface area contributed by atoms with Crippen LogP contribution in [0.25, 0.3) is 0 Å². The summed E-state index contributed by atoms with van der Waals surface area (Å²) in [7, 11) is 1.71. The molecule has 1 aliphatic heterocycles. The molecule has 1 aromatic rings. The maximum Gasteiger partial charge on any atom is 0.191 e. The molecule has 2 N–H and O–H groups in total. The Morgan fingerprint density at radius 1 is 1.48 bits per heavy atom. The largest absolute Gasteiger partial charge is 0.379 e. The molecule has 1 aromatic carbocycles. The highest BCUT2D eigenvalue weighted by molar-refractivity contribution is 9.10. The van der Waals surface area contributed by atoms with Gasteiger partial charge in [-0.3, -0.25) is 4.99 Å². The fourth-order valence-electron chi connectivity index (χ4n) is 2.23. The van der Waals surface area contributed by atoms with Crippen molar-refractivity contribution in [3.8, 4) is 0 Å². The van der Waals surface area contributed by atoms with E-state index in [1.807, 2.05) is 6.07 Å². The van der Waals surface area contributed by atoms with Crippen LogP contribution in [0.5, 0.6) is 0 Å². The van der Waals surface area contributed by atoms with E-state index in [0.29, 0.717) is 30.2 Å². The number of nitrogens with zero attached hydrogens (tertiary/aromatic N) is 1. The zero-order valence-electron chi connectivity index (χ0n) is 13.3. The Morgan fingerprint density at radius 2 is 2.35 bits per heavy atom. The number of aliphatic imine (C=N–C) groups is 1. The van der Waals surface area contributed by atoms with Crippen molar-refractivity contribution < 1.29 is 13.9 Å². The second-order valence-electron chi connectivity index (χ2n) is 5.31. The van der Waals surface area contributed by atoms with Gasteiger partial charge in [0.25, 0.3) is 0 Å². The molecule has 1 atom stereocenters. The number of halogens is 2. The molecule has 0 bridgehead atoms. The zero-order valence-corrected chi connectivity index (χ0v) is 14.9. The number of benzene rings is 1. The van der Waals surface area contributed by atoms with Gasteiger partial charge in [-0.05, 0) is 46.5 Å². The number of nitrogens with one attached hydrogen (secondary N) is 2. The average molecular weight is 388 g/mol. The monoisotopic (exact) mass is 387 g/mol. The van der Waals surface area contributed by atoms with Crippen molar-refractivity contribution in [2.24, 2.45) is 4.99 Å². The quantitative estimate of drug-likeness (QED) is 0.428. The molecule has 0 aromatic heterocycles. The second kappa shape index (κ2) is 9.85. The third kappa shape index (κ3) is 6.45. The number of hydrogen-bond donors (Lipinski definition) is 2. The van der Waals surface area contributed by atoms with E-state index in [1.165, 1.54) is 6.07 Å². The molecular weight excluding hydrogens is 365 g/mol. The minimum absolute atomic E-state index is 0.250. The van der Waals surface area contributed by atoms with Crippen molar-refractivity contribution in [1.82, 2.24) is 10.6 Å². The van der Waals surface area contributed by atoms with E-state index in [0.717, 1.165) is 31.6 Å². The van der Waals surface area contributed by atoms with Gasteiger partial charge in [-0.1, -0.05) is 6.07 Å². The molecule has 5 nitrogen and oxygen atoms in total. The highest BCUT2D eigenvalue weighted by Crippen LogP contribution is 2.16. The van der Waals surface area contributed by atoms with Crippen molar-refractivity contribution in [2.75, 3.05) is 33.4 Å². The summed E-state index contributed by atoms with van der Waals surface area (Å²) in [5.74, 6) is 0.429. The van der Waals surface area contributed by atoms with E-state index in [9.17, 15) is 4.39 Å². The lowest BCUT2D eigenvalue weighted by Gasteiger charge is -2.13. The maximum atomic E-state index is 13.5. The molecule has 2 rings (SSSR count). The van der Waals surface area contributed by atoms with E-state index in [4.69, 9.17) is 9.47 Å². The van der Waals surface area contributed by atoms with Crippen molar-refractivity contribution in [3.05, 3.63) is 34.1 Å². The molecular formula is C16H23BrFN3O2. The average Bonchev–Trinajstić information content (AvgIpc) is 3.06. The molecule has 1 heterocycles. The third-order valence-corrected chi connectivity index (χ3v) is 4.17. The summed E-state index contributed by atoms with van der Waals surface area (Å²) in [5.41, 5.74) is 0.859. The molecule has 0 radical (unpaired) electrons. The molecule has 23 heavy (non-hydrogen) atoms.